The molecule has 104 valence electrons. The van der Waals surface area contributed by atoms with Crippen LogP contribution in [0, 0.1) is 0 Å². The number of carbonyl (C=O) groups excluding carboxylic acids is 1. The smallest absolute Gasteiger partial charge is 0.306 e. The molecule has 0 bridgehead atoms. The minimum Gasteiger partial charge on any atom is -0.466 e. The standard InChI is InChI=1S/C16H28O2/c1-3-5-7-8-9-10-11-12-13-15-18-16(17)14-6-4-2/h3-4H,1-2,5-15H2. The van der Waals surface area contributed by atoms with E-state index in [4.69, 9.17) is 4.74 Å². The maximum atomic E-state index is 11.2. The molecule has 0 heterocycles. The highest BCUT2D eigenvalue weighted by Crippen LogP contribution is 2.08. The molecule has 0 aromatic heterocycles. The van der Waals surface area contributed by atoms with Gasteiger partial charge >= 0.3 is 5.97 Å². The quantitative estimate of drug-likeness (QED) is 0.267. The van der Waals surface area contributed by atoms with Gasteiger partial charge in [-0.15, -0.1) is 13.2 Å². The predicted molar refractivity (Wildman–Crippen MR) is 77.5 cm³/mol. The van der Waals surface area contributed by atoms with Crippen LogP contribution in [0.1, 0.15) is 64.2 Å². The molecule has 0 saturated heterocycles. The van der Waals surface area contributed by atoms with Gasteiger partial charge in [0.05, 0.1) is 6.61 Å². The van der Waals surface area contributed by atoms with Crippen molar-refractivity contribution in [3.8, 4) is 0 Å². The Morgan fingerprint density at radius 2 is 1.39 bits per heavy atom. The lowest BCUT2D eigenvalue weighted by atomic mass is 10.1. The van der Waals surface area contributed by atoms with Crippen molar-refractivity contribution in [2.45, 2.75) is 64.2 Å². The van der Waals surface area contributed by atoms with E-state index in [9.17, 15) is 4.79 Å². The van der Waals surface area contributed by atoms with Crippen molar-refractivity contribution < 1.29 is 9.53 Å². The van der Waals surface area contributed by atoms with Crippen LogP contribution in [0.15, 0.2) is 25.3 Å². The Balaban J connectivity index is 3.08. The number of esters is 1. The van der Waals surface area contributed by atoms with Gasteiger partial charge in [-0.3, -0.25) is 4.79 Å². The Bertz CT molecular complexity index is 221. The molecule has 0 fully saturated rings. The molecular formula is C16H28O2. The van der Waals surface area contributed by atoms with E-state index < -0.39 is 0 Å². The normalized spacial score (nSPS) is 10.0. The summed E-state index contributed by atoms with van der Waals surface area (Å²) in [6.07, 6.45) is 14.6. The largest absolute Gasteiger partial charge is 0.466 e. The monoisotopic (exact) mass is 252 g/mol. The van der Waals surface area contributed by atoms with Crippen LogP contribution in [-0.2, 0) is 9.53 Å². The second-order valence-electron chi connectivity index (χ2n) is 4.60. The Labute approximate surface area is 112 Å². The molecule has 0 aliphatic heterocycles. The zero-order valence-electron chi connectivity index (χ0n) is 11.7. The van der Waals surface area contributed by atoms with Crippen LogP contribution in [0.5, 0.6) is 0 Å². The van der Waals surface area contributed by atoms with E-state index in [1.54, 1.807) is 6.08 Å². The summed E-state index contributed by atoms with van der Waals surface area (Å²) in [5, 5.41) is 0. The van der Waals surface area contributed by atoms with Crippen molar-refractivity contribution in [2.24, 2.45) is 0 Å². The Kier molecular flexibility index (Phi) is 13.2. The Hall–Kier alpha value is -1.05. The maximum Gasteiger partial charge on any atom is 0.306 e. The first kappa shape index (κ1) is 16.9. The highest BCUT2D eigenvalue weighted by atomic mass is 16.5. The number of allylic oxidation sites excluding steroid dienone is 2. The lowest BCUT2D eigenvalue weighted by Gasteiger charge is -2.04. The number of hydrogen-bond acceptors (Lipinski definition) is 2. The minimum absolute atomic E-state index is 0.0978. The summed E-state index contributed by atoms with van der Waals surface area (Å²) in [5.74, 6) is -0.0978. The molecule has 18 heavy (non-hydrogen) atoms. The molecule has 2 nitrogen and oxygen atoms in total. The maximum absolute atomic E-state index is 11.2. The molecule has 0 aliphatic carbocycles. The predicted octanol–water partition coefficient (Wildman–Crippen LogP) is 4.80. The van der Waals surface area contributed by atoms with Crippen LogP contribution in [0.4, 0.5) is 0 Å². The summed E-state index contributed by atoms with van der Waals surface area (Å²) in [7, 11) is 0. The Morgan fingerprint density at radius 1 is 0.833 bits per heavy atom. The molecule has 0 unspecified atom stereocenters. The first-order chi connectivity index (χ1) is 8.81. The van der Waals surface area contributed by atoms with Crippen LogP contribution >= 0.6 is 0 Å². The van der Waals surface area contributed by atoms with Gasteiger partial charge < -0.3 is 4.74 Å². The molecule has 0 radical (unpaired) electrons. The second kappa shape index (κ2) is 14.0. The molecule has 0 N–H and O–H groups in total. The number of hydrogen-bond donors (Lipinski definition) is 0. The highest BCUT2D eigenvalue weighted by Gasteiger charge is 2.00. The summed E-state index contributed by atoms with van der Waals surface area (Å²) >= 11 is 0. The molecule has 0 aromatic carbocycles. The molecule has 0 atom stereocenters. The average molecular weight is 252 g/mol. The van der Waals surface area contributed by atoms with Crippen molar-refractivity contribution in [1.29, 1.82) is 0 Å². The fraction of sp³-hybridized carbons (Fsp3) is 0.688. The van der Waals surface area contributed by atoms with Crippen molar-refractivity contribution in [3.05, 3.63) is 25.3 Å². The van der Waals surface area contributed by atoms with E-state index in [2.05, 4.69) is 13.2 Å². The van der Waals surface area contributed by atoms with Crippen LogP contribution in [0.2, 0.25) is 0 Å². The summed E-state index contributed by atoms with van der Waals surface area (Å²) in [6, 6.07) is 0. The van der Waals surface area contributed by atoms with Gasteiger partial charge in [0.2, 0.25) is 0 Å². The molecule has 0 saturated carbocycles. The zero-order chi connectivity index (χ0) is 13.5. The van der Waals surface area contributed by atoms with Gasteiger partial charge in [0.25, 0.3) is 0 Å². The topological polar surface area (TPSA) is 26.3 Å². The SMILES string of the molecule is C=CCCCCCCCCCOC(=O)CCC=C. The zero-order valence-corrected chi connectivity index (χ0v) is 11.7. The summed E-state index contributed by atoms with van der Waals surface area (Å²) in [4.78, 5) is 11.2. The third-order valence-electron chi connectivity index (χ3n) is 2.87. The first-order valence-corrected chi connectivity index (χ1v) is 7.18. The molecule has 0 aliphatic rings. The van der Waals surface area contributed by atoms with Crippen LogP contribution in [0.25, 0.3) is 0 Å². The number of unbranched alkanes of at least 4 members (excludes halogenated alkanes) is 7. The van der Waals surface area contributed by atoms with Crippen molar-refractivity contribution in [1.82, 2.24) is 0 Å². The van der Waals surface area contributed by atoms with E-state index in [0.29, 0.717) is 19.4 Å². The number of ether oxygens (including phenoxy) is 1. The second-order valence-corrected chi connectivity index (χ2v) is 4.60. The van der Waals surface area contributed by atoms with Gasteiger partial charge in [0, 0.05) is 6.42 Å². The van der Waals surface area contributed by atoms with Crippen LogP contribution < -0.4 is 0 Å². The lowest BCUT2D eigenvalue weighted by molar-refractivity contribution is -0.143. The van der Waals surface area contributed by atoms with E-state index in [0.717, 1.165) is 19.3 Å². The fourth-order valence-electron chi connectivity index (χ4n) is 1.75. The first-order valence-electron chi connectivity index (χ1n) is 7.18. The van der Waals surface area contributed by atoms with Gasteiger partial charge in [0.1, 0.15) is 0 Å². The molecule has 0 aromatic rings. The lowest BCUT2D eigenvalue weighted by Crippen LogP contribution is -2.05. The molecule has 0 rings (SSSR count). The third kappa shape index (κ3) is 13.0. The average Bonchev–Trinajstić information content (AvgIpc) is 2.38. The van der Waals surface area contributed by atoms with Crippen molar-refractivity contribution in [3.63, 3.8) is 0 Å². The number of rotatable bonds is 13. The van der Waals surface area contributed by atoms with E-state index in [-0.39, 0.29) is 5.97 Å². The van der Waals surface area contributed by atoms with Crippen LogP contribution in [-0.4, -0.2) is 12.6 Å². The van der Waals surface area contributed by atoms with E-state index in [1.807, 2.05) is 6.08 Å². The Morgan fingerprint density at radius 3 is 2.00 bits per heavy atom. The summed E-state index contributed by atoms with van der Waals surface area (Å²) in [5.41, 5.74) is 0. The highest BCUT2D eigenvalue weighted by molar-refractivity contribution is 5.69. The van der Waals surface area contributed by atoms with Crippen LogP contribution in [0.3, 0.4) is 0 Å². The van der Waals surface area contributed by atoms with Gasteiger partial charge in [0.15, 0.2) is 0 Å². The number of carbonyl (C=O) groups is 1. The minimum atomic E-state index is -0.0978. The van der Waals surface area contributed by atoms with E-state index in [1.165, 1.54) is 32.1 Å². The van der Waals surface area contributed by atoms with Crippen molar-refractivity contribution >= 4 is 5.97 Å². The van der Waals surface area contributed by atoms with Gasteiger partial charge in [-0.1, -0.05) is 44.3 Å². The van der Waals surface area contributed by atoms with Gasteiger partial charge in [-0.2, -0.15) is 0 Å². The summed E-state index contributed by atoms with van der Waals surface area (Å²) in [6.45, 7) is 7.87. The van der Waals surface area contributed by atoms with Crippen molar-refractivity contribution in [2.75, 3.05) is 6.61 Å². The molecule has 0 spiro atoms. The third-order valence-corrected chi connectivity index (χ3v) is 2.87. The fourth-order valence-corrected chi connectivity index (χ4v) is 1.75. The van der Waals surface area contributed by atoms with Gasteiger partial charge in [-0.05, 0) is 25.7 Å². The van der Waals surface area contributed by atoms with E-state index >= 15 is 0 Å². The molecule has 2 heteroatoms. The summed E-state index contributed by atoms with van der Waals surface area (Å²) < 4.78 is 5.11. The molecule has 0 amide bonds. The molecular weight excluding hydrogens is 224 g/mol. The van der Waals surface area contributed by atoms with Gasteiger partial charge in [-0.25, -0.2) is 0 Å².